The number of nitrogens with one attached hydrogen (secondary N) is 1. The summed E-state index contributed by atoms with van der Waals surface area (Å²) in [6.45, 7) is 0. The van der Waals surface area contributed by atoms with Crippen LogP contribution in [0, 0.1) is 5.82 Å². The number of para-hydroxylation sites is 1. The van der Waals surface area contributed by atoms with Gasteiger partial charge in [-0.2, -0.15) is 0 Å². The summed E-state index contributed by atoms with van der Waals surface area (Å²) in [4.78, 5) is 8.79. The second-order valence-electron chi connectivity index (χ2n) is 4.58. The van der Waals surface area contributed by atoms with Crippen molar-refractivity contribution in [2.75, 3.05) is 12.4 Å². The maximum absolute atomic E-state index is 13.7. The van der Waals surface area contributed by atoms with Crippen LogP contribution >= 0.6 is 22.7 Å². The van der Waals surface area contributed by atoms with Crippen LogP contribution in [0.3, 0.4) is 0 Å². The molecule has 0 aliphatic carbocycles. The predicted octanol–water partition coefficient (Wildman–Crippen LogP) is 4.80. The van der Waals surface area contributed by atoms with Crippen molar-refractivity contribution in [2.45, 2.75) is 0 Å². The van der Waals surface area contributed by atoms with Gasteiger partial charge >= 0.3 is 0 Å². The number of methoxy groups -OCH3 is 1. The Morgan fingerprint density at radius 3 is 2.68 bits per heavy atom. The molecule has 1 N–H and O–H groups in total. The summed E-state index contributed by atoms with van der Waals surface area (Å²) in [7, 11) is 1.64. The van der Waals surface area contributed by atoms with E-state index in [9.17, 15) is 4.39 Å². The van der Waals surface area contributed by atoms with E-state index in [0.717, 1.165) is 25.8 Å². The summed E-state index contributed by atoms with van der Waals surface area (Å²) in [5.74, 6) is 0.487. The molecule has 4 aromatic rings. The van der Waals surface area contributed by atoms with Gasteiger partial charge in [-0.1, -0.05) is 28.7 Å². The molecular weight excluding hydrogens is 321 g/mol. The first-order valence-corrected chi connectivity index (χ1v) is 8.13. The van der Waals surface area contributed by atoms with Gasteiger partial charge in [0.2, 0.25) is 0 Å². The number of halogens is 1. The highest BCUT2D eigenvalue weighted by molar-refractivity contribution is 7.24. The molecule has 0 aliphatic rings. The minimum atomic E-state index is -0.309. The number of ether oxygens (including phenoxy) is 1. The van der Waals surface area contributed by atoms with E-state index >= 15 is 0 Å². The van der Waals surface area contributed by atoms with Crippen LogP contribution in [0.2, 0.25) is 0 Å². The molecule has 2 aromatic carbocycles. The monoisotopic (exact) mass is 331 g/mol. The Labute approximate surface area is 133 Å². The van der Waals surface area contributed by atoms with Crippen molar-refractivity contribution in [3.05, 3.63) is 42.2 Å². The molecule has 0 atom stereocenters. The van der Waals surface area contributed by atoms with E-state index in [0.29, 0.717) is 10.6 Å². The van der Waals surface area contributed by atoms with Crippen LogP contribution in [0.4, 0.5) is 14.7 Å². The molecule has 0 aliphatic heterocycles. The summed E-state index contributed by atoms with van der Waals surface area (Å²) in [6, 6.07) is 10.7. The number of rotatable bonds is 3. The first-order valence-electron chi connectivity index (χ1n) is 6.49. The van der Waals surface area contributed by atoms with Gasteiger partial charge in [-0.05, 0) is 30.3 Å². The molecule has 0 amide bonds. The lowest BCUT2D eigenvalue weighted by Gasteiger charge is -1.96. The third kappa shape index (κ3) is 2.28. The van der Waals surface area contributed by atoms with Crippen molar-refractivity contribution >= 4 is 53.4 Å². The van der Waals surface area contributed by atoms with Crippen LogP contribution < -0.4 is 10.1 Å². The van der Waals surface area contributed by atoms with E-state index in [2.05, 4.69) is 15.3 Å². The van der Waals surface area contributed by atoms with Crippen LogP contribution in [0.15, 0.2) is 36.4 Å². The number of nitrogens with zero attached hydrogens (tertiary/aromatic N) is 2. The number of fused-ring (bicyclic) bond motifs is 2. The van der Waals surface area contributed by atoms with E-state index in [1.54, 1.807) is 13.2 Å². The average molecular weight is 331 g/mol. The lowest BCUT2D eigenvalue weighted by atomic mass is 10.3. The van der Waals surface area contributed by atoms with E-state index < -0.39 is 0 Å². The van der Waals surface area contributed by atoms with Crippen molar-refractivity contribution in [1.82, 2.24) is 9.97 Å². The molecular formula is C15H10FN3OS2. The minimum absolute atomic E-state index is 0.309. The van der Waals surface area contributed by atoms with Gasteiger partial charge in [0, 0.05) is 0 Å². The lowest BCUT2D eigenvalue weighted by Crippen LogP contribution is -1.87. The molecule has 0 saturated heterocycles. The Kier molecular flexibility index (Phi) is 3.16. The molecule has 110 valence electrons. The number of benzene rings is 2. The fourth-order valence-corrected chi connectivity index (χ4v) is 3.98. The molecule has 2 heterocycles. The molecule has 4 nitrogen and oxygen atoms in total. The maximum Gasteiger partial charge on any atom is 0.190 e. The number of thiazole rings is 2. The average Bonchev–Trinajstić information content (AvgIpc) is 3.10. The van der Waals surface area contributed by atoms with Gasteiger partial charge < -0.3 is 10.1 Å². The normalized spacial score (nSPS) is 11.2. The smallest absolute Gasteiger partial charge is 0.190 e. The highest BCUT2D eigenvalue weighted by atomic mass is 32.1. The van der Waals surface area contributed by atoms with Crippen molar-refractivity contribution in [1.29, 1.82) is 0 Å². The fourth-order valence-electron chi connectivity index (χ4n) is 2.15. The van der Waals surface area contributed by atoms with Crippen LogP contribution in [-0.2, 0) is 0 Å². The number of aromatic nitrogens is 2. The molecule has 0 fully saturated rings. The second kappa shape index (κ2) is 5.19. The van der Waals surface area contributed by atoms with E-state index in [4.69, 9.17) is 4.74 Å². The largest absolute Gasteiger partial charge is 0.497 e. The third-order valence-corrected chi connectivity index (χ3v) is 5.05. The molecule has 0 bridgehead atoms. The van der Waals surface area contributed by atoms with Crippen molar-refractivity contribution in [3.8, 4) is 5.75 Å². The first kappa shape index (κ1) is 13.4. The summed E-state index contributed by atoms with van der Waals surface area (Å²) >= 11 is 2.91. The van der Waals surface area contributed by atoms with Crippen LogP contribution in [0.5, 0.6) is 5.75 Å². The lowest BCUT2D eigenvalue weighted by molar-refractivity contribution is 0.415. The van der Waals surface area contributed by atoms with Gasteiger partial charge in [0.15, 0.2) is 10.3 Å². The number of hydrogen-bond acceptors (Lipinski definition) is 6. The molecule has 7 heteroatoms. The molecule has 22 heavy (non-hydrogen) atoms. The van der Waals surface area contributed by atoms with Crippen molar-refractivity contribution in [3.63, 3.8) is 0 Å². The molecule has 4 rings (SSSR count). The topological polar surface area (TPSA) is 47.0 Å². The van der Waals surface area contributed by atoms with E-state index in [1.165, 1.54) is 28.7 Å². The molecule has 0 radical (unpaired) electrons. The molecule has 0 spiro atoms. The van der Waals surface area contributed by atoms with Gasteiger partial charge in [0.25, 0.3) is 0 Å². The third-order valence-electron chi connectivity index (χ3n) is 3.18. The Balaban J connectivity index is 1.70. The van der Waals surface area contributed by atoms with Crippen LogP contribution in [0.1, 0.15) is 0 Å². The quantitative estimate of drug-likeness (QED) is 0.586. The van der Waals surface area contributed by atoms with Crippen LogP contribution in [0.25, 0.3) is 20.4 Å². The van der Waals surface area contributed by atoms with Gasteiger partial charge in [-0.15, -0.1) is 0 Å². The first-order chi connectivity index (χ1) is 10.7. The van der Waals surface area contributed by atoms with Crippen molar-refractivity contribution < 1.29 is 9.13 Å². The van der Waals surface area contributed by atoms with Crippen LogP contribution in [-0.4, -0.2) is 17.1 Å². The SMILES string of the molecule is COc1ccc2nc(Nc3nc4c(F)cccc4s3)sc2c1. The maximum atomic E-state index is 13.7. The van der Waals surface area contributed by atoms with Gasteiger partial charge in [0.1, 0.15) is 17.1 Å². The van der Waals surface area contributed by atoms with Gasteiger partial charge in [0.05, 0.1) is 22.0 Å². The Morgan fingerprint density at radius 2 is 1.86 bits per heavy atom. The number of anilines is 2. The predicted molar refractivity (Wildman–Crippen MR) is 89.0 cm³/mol. The summed E-state index contributed by atoms with van der Waals surface area (Å²) in [6.07, 6.45) is 0. The van der Waals surface area contributed by atoms with Crippen molar-refractivity contribution in [2.24, 2.45) is 0 Å². The summed E-state index contributed by atoms with van der Waals surface area (Å²) < 4.78 is 20.7. The highest BCUT2D eigenvalue weighted by Crippen LogP contribution is 2.34. The highest BCUT2D eigenvalue weighted by Gasteiger charge is 2.10. The molecule has 0 saturated carbocycles. The van der Waals surface area contributed by atoms with E-state index in [-0.39, 0.29) is 5.82 Å². The Morgan fingerprint density at radius 1 is 1.05 bits per heavy atom. The minimum Gasteiger partial charge on any atom is -0.497 e. The Hall–Kier alpha value is -2.25. The standard InChI is InChI=1S/C15H10FN3OS2/c1-20-8-5-6-10-12(7-8)22-14(17-10)19-15-18-13-9(16)3-2-4-11(13)21-15/h2-7H,1H3,(H,17,18,19). The molecule has 0 unspecified atom stereocenters. The summed E-state index contributed by atoms with van der Waals surface area (Å²) in [5.41, 5.74) is 1.28. The zero-order valence-corrected chi connectivity index (χ0v) is 13.1. The number of hydrogen-bond donors (Lipinski definition) is 1. The van der Waals surface area contributed by atoms with Gasteiger partial charge in [-0.25, -0.2) is 14.4 Å². The second-order valence-corrected chi connectivity index (χ2v) is 6.64. The summed E-state index contributed by atoms with van der Waals surface area (Å²) in [5, 5.41) is 4.51. The fraction of sp³-hybridized carbons (Fsp3) is 0.0667. The zero-order valence-electron chi connectivity index (χ0n) is 11.5. The molecule has 2 aromatic heterocycles. The Bertz CT molecular complexity index is 979. The van der Waals surface area contributed by atoms with Gasteiger partial charge in [-0.3, -0.25) is 0 Å². The van der Waals surface area contributed by atoms with E-state index in [1.807, 2.05) is 24.3 Å². The zero-order chi connectivity index (χ0) is 15.1.